The van der Waals surface area contributed by atoms with Crippen LogP contribution in [-0.4, -0.2) is 39.9 Å². The molecule has 0 saturated carbocycles. The molecule has 0 aliphatic carbocycles. The minimum atomic E-state index is -0.342. The highest BCUT2D eigenvalue weighted by Gasteiger charge is 2.22. The van der Waals surface area contributed by atoms with Crippen molar-refractivity contribution in [3.8, 4) is 0 Å². The monoisotopic (exact) mass is 221 g/mol. The molecule has 0 unspecified atom stereocenters. The van der Waals surface area contributed by atoms with E-state index >= 15 is 0 Å². The van der Waals surface area contributed by atoms with Crippen LogP contribution in [0, 0.1) is 0 Å². The predicted octanol–water partition coefficient (Wildman–Crippen LogP) is -0.425. The van der Waals surface area contributed by atoms with E-state index in [4.69, 9.17) is 0 Å². The molecule has 1 aliphatic heterocycles. The molecule has 6 heteroatoms. The number of hydrogen-bond donors (Lipinski definition) is 1. The molecule has 2 heterocycles. The van der Waals surface area contributed by atoms with E-state index in [-0.39, 0.29) is 22.9 Å². The van der Waals surface area contributed by atoms with E-state index in [0.717, 1.165) is 0 Å². The van der Waals surface area contributed by atoms with E-state index in [0.29, 0.717) is 25.9 Å². The number of hydrogen-bond acceptors (Lipinski definition) is 4. The van der Waals surface area contributed by atoms with Crippen LogP contribution in [0.4, 0.5) is 0 Å². The minimum absolute atomic E-state index is 0.179. The molecule has 0 spiro atoms. The summed E-state index contributed by atoms with van der Waals surface area (Å²) in [5.74, 6) is -0.0674. The summed E-state index contributed by atoms with van der Waals surface area (Å²) in [4.78, 5) is 35.2. The Kier molecular flexibility index (Phi) is 2.80. The number of likely N-dealkylation sites (tertiary alicyclic amines) is 1. The van der Waals surface area contributed by atoms with Gasteiger partial charge in [-0.15, -0.1) is 0 Å². The Balaban J connectivity index is 2.10. The third-order valence-corrected chi connectivity index (χ3v) is 2.51. The van der Waals surface area contributed by atoms with Crippen molar-refractivity contribution < 1.29 is 9.59 Å². The van der Waals surface area contributed by atoms with Gasteiger partial charge in [-0.2, -0.15) is 5.10 Å². The lowest BCUT2D eigenvalue weighted by molar-refractivity contribution is -0.120. The first-order valence-electron chi connectivity index (χ1n) is 5.03. The van der Waals surface area contributed by atoms with Crippen LogP contribution in [0.5, 0.6) is 0 Å². The van der Waals surface area contributed by atoms with Crippen molar-refractivity contribution in [1.82, 2.24) is 15.1 Å². The molecule has 0 aromatic carbocycles. The van der Waals surface area contributed by atoms with Gasteiger partial charge in [0.05, 0.1) is 0 Å². The second-order valence-electron chi connectivity index (χ2n) is 3.64. The third kappa shape index (κ3) is 2.16. The SMILES string of the molecule is O=C1CCN(C(=O)c2ccc(=O)[nH]n2)CC1. The molecule has 1 aromatic rings. The van der Waals surface area contributed by atoms with Crippen molar-refractivity contribution in [1.29, 1.82) is 0 Å². The summed E-state index contributed by atoms with van der Waals surface area (Å²) in [6.45, 7) is 0.858. The highest BCUT2D eigenvalue weighted by atomic mass is 16.2. The van der Waals surface area contributed by atoms with Crippen molar-refractivity contribution in [2.45, 2.75) is 12.8 Å². The van der Waals surface area contributed by atoms with E-state index in [1.54, 1.807) is 4.90 Å². The average molecular weight is 221 g/mol. The number of H-pyrrole nitrogens is 1. The number of ketones is 1. The summed E-state index contributed by atoms with van der Waals surface area (Å²) < 4.78 is 0. The van der Waals surface area contributed by atoms with E-state index in [2.05, 4.69) is 10.2 Å². The molecule has 1 fully saturated rings. The largest absolute Gasteiger partial charge is 0.336 e. The standard InChI is InChI=1S/C10H11N3O3/c14-7-3-5-13(6-4-7)10(16)8-1-2-9(15)12-11-8/h1-2H,3-6H2,(H,12,15). The molecule has 1 N–H and O–H groups in total. The molecule has 0 radical (unpaired) electrons. The van der Waals surface area contributed by atoms with Gasteiger partial charge >= 0.3 is 0 Å². The van der Waals surface area contributed by atoms with Gasteiger partial charge in [0, 0.05) is 32.0 Å². The number of carbonyl (C=O) groups excluding carboxylic acids is 2. The fourth-order valence-corrected chi connectivity index (χ4v) is 1.58. The van der Waals surface area contributed by atoms with E-state index in [1.807, 2.05) is 0 Å². The van der Waals surface area contributed by atoms with E-state index in [9.17, 15) is 14.4 Å². The molecular formula is C10H11N3O3. The first kappa shape index (κ1) is 10.5. The Morgan fingerprint density at radius 2 is 1.94 bits per heavy atom. The average Bonchev–Trinajstić information content (AvgIpc) is 2.30. The molecule has 1 aromatic heterocycles. The van der Waals surface area contributed by atoms with Gasteiger partial charge in [0.25, 0.3) is 11.5 Å². The number of amides is 1. The molecule has 0 bridgehead atoms. The zero-order valence-electron chi connectivity index (χ0n) is 8.60. The van der Waals surface area contributed by atoms with Gasteiger partial charge < -0.3 is 4.90 Å². The maximum Gasteiger partial charge on any atom is 0.274 e. The number of aromatic nitrogens is 2. The number of nitrogens with zero attached hydrogens (tertiary/aromatic N) is 2. The van der Waals surface area contributed by atoms with E-state index < -0.39 is 0 Å². The van der Waals surface area contributed by atoms with Crippen molar-refractivity contribution in [3.05, 3.63) is 28.2 Å². The quantitative estimate of drug-likeness (QED) is 0.697. The summed E-state index contributed by atoms with van der Waals surface area (Å²) in [6, 6.07) is 2.65. The number of nitrogens with one attached hydrogen (secondary N) is 1. The maximum atomic E-state index is 11.8. The summed E-state index contributed by atoms with van der Waals surface area (Å²) >= 11 is 0. The smallest absolute Gasteiger partial charge is 0.274 e. The van der Waals surface area contributed by atoms with Crippen LogP contribution in [0.15, 0.2) is 16.9 Å². The lowest BCUT2D eigenvalue weighted by Crippen LogP contribution is -2.39. The van der Waals surface area contributed by atoms with Gasteiger partial charge in [0.2, 0.25) is 0 Å². The molecule has 6 nitrogen and oxygen atoms in total. The maximum absolute atomic E-state index is 11.8. The molecule has 1 amide bonds. The first-order valence-corrected chi connectivity index (χ1v) is 5.03. The number of piperidine rings is 1. The van der Waals surface area contributed by atoms with Crippen molar-refractivity contribution >= 4 is 11.7 Å². The number of Topliss-reactive ketones (excluding diaryl/α,β-unsaturated/α-hetero) is 1. The predicted molar refractivity (Wildman–Crippen MR) is 55.0 cm³/mol. The summed E-state index contributed by atoms with van der Waals surface area (Å²) in [5, 5.41) is 5.87. The van der Waals surface area contributed by atoms with Crippen LogP contribution in [-0.2, 0) is 4.79 Å². The van der Waals surface area contributed by atoms with Gasteiger partial charge in [-0.25, -0.2) is 5.10 Å². The molecule has 1 saturated heterocycles. The van der Waals surface area contributed by atoms with Gasteiger partial charge in [0.1, 0.15) is 11.5 Å². The molecule has 84 valence electrons. The highest BCUT2D eigenvalue weighted by molar-refractivity contribution is 5.93. The number of aromatic amines is 1. The summed E-state index contributed by atoms with van der Waals surface area (Å²) in [6.07, 6.45) is 0.796. The van der Waals surface area contributed by atoms with Crippen LogP contribution in [0.25, 0.3) is 0 Å². The zero-order valence-corrected chi connectivity index (χ0v) is 8.60. The van der Waals surface area contributed by atoms with Crippen LogP contribution in [0.2, 0.25) is 0 Å². The Hall–Kier alpha value is -1.98. The van der Waals surface area contributed by atoms with Crippen molar-refractivity contribution in [2.75, 3.05) is 13.1 Å². The van der Waals surface area contributed by atoms with Crippen LogP contribution in [0.3, 0.4) is 0 Å². The van der Waals surface area contributed by atoms with Gasteiger partial charge in [-0.05, 0) is 6.07 Å². The Morgan fingerprint density at radius 1 is 1.25 bits per heavy atom. The third-order valence-electron chi connectivity index (χ3n) is 2.51. The Bertz CT molecular complexity index is 450. The fraction of sp³-hybridized carbons (Fsp3) is 0.400. The van der Waals surface area contributed by atoms with Gasteiger partial charge in [-0.3, -0.25) is 14.4 Å². The van der Waals surface area contributed by atoms with Gasteiger partial charge in [-0.1, -0.05) is 0 Å². The van der Waals surface area contributed by atoms with Crippen molar-refractivity contribution in [2.24, 2.45) is 0 Å². The topological polar surface area (TPSA) is 83.1 Å². The molecule has 2 rings (SSSR count). The minimum Gasteiger partial charge on any atom is -0.336 e. The van der Waals surface area contributed by atoms with Gasteiger partial charge in [0.15, 0.2) is 0 Å². The Labute approximate surface area is 91.3 Å². The highest BCUT2D eigenvalue weighted by Crippen LogP contribution is 2.08. The lowest BCUT2D eigenvalue weighted by atomic mass is 10.1. The molecule has 16 heavy (non-hydrogen) atoms. The second kappa shape index (κ2) is 4.26. The second-order valence-corrected chi connectivity index (χ2v) is 3.64. The van der Waals surface area contributed by atoms with Crippen LogP contribution >= 0.6 is 0 Å². The lowest BCUT2D eigenvalue weighted by Gasteiger charge is -2.25. The fourth-order valence-electron chi connectivity index (χ4n) is 1.58. The zero-order chi connectivity index (χ0) is 11.5. The molecule has 1 aliphatic rings. The number of carbonyl (C=O) groups is 2. The van der Waals surface area contributed by atoms with Crippen LogP contribution in [0.1, 0.15) is 23.3 Å². The molecule has 0 atom stereocenters. The summed E-state index contributed by atoms with van der Waals surface area (Å²) in [7, 11) is 0. The molecular weight excluding hydrogens is 210 g/mol. The normalized spacial score (nSPS) is 16.2. The number of rotatable bonds is 1. The van der Waals surface area contributed by atoms with E-state index in [1.165, 1.54) is 12.1 Å². The van der Waals surface area contributed by atoms with Crippen molar-refractivity contribution in [3.63, 3.8) is 0 Å². The summed E-state index contributed by atoms with van der Waals surface area (Å²) in [5.41, 5.74) is -0.140. The Morgan fingerprint density at radius 3 is 2.50 bits per heavy atom. The first-order chi connectivity index (χ1) is 7.66. The van der Waals surface area contributed by atoms with Crippen LogP contribution < -0.4 is 5.56 Å².